The standard InChI is InChI=1S/C10H15N3O2/c1-2-6-8-7(13-12-6)4-3-5-10(8,11)9(14)15/h2-5,11H2,1H3,(H,12,13)(H,14,15). The number of aliphatic carboxylic acids is 1. The van der Waals surface area contributed by atoms with Crippen molar-refractivity contribution in [3.63, 3.8) is 0 Å². The second-order valence-electron chi connectivity index (χ2n) is 4.01. The molecule has 5 nitrogen and oxygen atoms in total. The third-order valence-electron chi connectivity index (χ3n) is 3.08. The molecule has 1 aromatic heterocycles. The van der Waals surface area contributed by atoms with Crippen molar-refractivity contribution in [2.75, 3.05) is 0 Å². The number of nitrogens with two attached hydrogens (primary N) is 1. The molecule has 0 radical (unpaired) electrons. The lowest BCUT2D eigenvalue weighted by atomic mass is 9.78. The minimum Gasteiger partial charge on any atom is -0.480 e. The predicted molar refractivity (Wildman–Crippen MR) is 54.4 cm³/mol. The monoisotopic (exact) mass is 209 g/mol. The molecule has 0 aliphatic heterocycles. The van der Waals surface area contributed by atoms with Gasteiger partial charge in [0.1, 0.15) is 5.54 Å². The van der Waals surface area contributed by atoms with E-state index in [0.29, 0.717) is 18.4 Å². The second kappa shape index (κ2) is 3.34. The fraction of sp³-hybridized carbons (Fsp3) is 0.600. The fourth-order valence-corrected chi connectivity index (χ4v) is 2.27. The summed E-state index contributed by atoms with van der Waals surface area (Å²) >= 11 is 0. The van der Waals surface area contributed by atoms with E-state index >= 15 is 0 Å². The average molecular weight is 209 g/mol. The smallest absolute Gasteiger partial charge is 0.328 e. The zero-order chi connectivity index (χ0) is 11.1. The third kappa shape index (κ3) is 1.34. The van der Waals surface area contributed by atoms with E-state index in [9.17, 15) is 9.90 Å². The largest absolute Gasteiger partial charge is 0.480 e. The second-order valence-corrected chi connectivity index (χ2v) is 4.01. The zero-order valence-corrected chi connectivity index (χ0v) is 8.71. The molecule has 0 fully saturated rings. The van der Waals surface area contributed by atoms with Gasteiger partial charge in [-0.1, -0.05) is 6.92 Å². The number of carbonyl (C=O) groups is 1. The van der Waals surface area contributed by atoms with Gasteiger partial charge in [-0.3, -0.25) is 5.10 Å². The molecule has 1 aliphatic carbocycles. The summed E-state index contributed by atoms with van der Waals surface area (Å²) in [5, 5.41) is 16.2. The minimum atomic E-state index is -1.24. The number of aryl methyl sites for hydroxylation is 2. The molecule has 0 bridgehead atoms. The van der Waals surface area contributed by atoms with E-state index in [4.69, 9.17) is 5.73 Å². The Morgan fingerprint density at radius 3 is 3.07 bits per heavy atom. The number of H-pyrrole nitrogens is 1. The zero-order valence-electron chi connectivity index (χ0n) is 8.71. The van der Waals surface area contributed by atoms with Gasteiger partial charge in [0, 0.05) is 11.3 Å². The summed E-state index contributed by atoms with van der Waals surface area (Å²) in [4.78, 5) is 11.2. The first-order valence-electron chi connectivity index (χ1n) is 5.18. The summed E-state index contributed by atoms with van der Waals surface area (Å²) in [6.07, 6.45) is 2.83. The van der Waals surface area contributed by atoms with Crippen molar-refractivity contribution in [2.45, 2.75) is 38.1 Å². The van der Waals surface area contributed by atoms with E-state index in [2.05, 4.69) is 10.2 Å². The quantitative estimate of drug-likeness (QED) is 0.663. The first-order chi connectivity index (χ1) is 7.09. The molecule has 1 unspecified atom stereocenters. The van der Waals surface area contributed by atoms with Gasteiger partial charge in [-0.2, -0.15) is 5.10 Å². The van der Waals surface area contributed by atoms with Crippen molar-refractivity contribution in [1.82, 2.24) is 10.2 Å². The van der Waals surface area contributed by atoms with Crippen LogP contribution in [0.3, 0.4) is 0 Å². The average Bonchev–Trinajstić information content (AvgIpc) is 2.62. The first-order valence-corrected chi connectivity index (χ1v) is 5.18. The molecule has 4 N–H and O–H groups in total. The van der Waals surface area contributed by atoms with Crippen LogP contribution >= 0.6 is 0 Å². The normalized spacial score (nSPS) is 24.9. The van der Waals surface area contributed by atoms with Crippen LogP contribution in [0.25, 0.3) is 0 Å². The van der Waals surface area contributed by atoms with Crippen molar-refractivity contribution < 1.29 is 9.90 Å². The van der Waals surface area contributed by atoms with E-state index in [-0.39, 0.29) is 0 Å². The molecule has 2 rings (SSSR count). The van der Waals surface area contributed by atoms with E-state index in [1.807, 2.05) is 6.92 Å². The number of aromatic amines is 1. The maximum absolute atomic E-state index is 11.2. The predicted octanol–water partition coefficient (Wildman–Crippen LogP) is 0.547. The molecule has 0 aromatic carbocycles. The number of hydrogen-bond acceptors (Lipinski definition) is 3. The van der Waals surface area contributed by atoms with Crippen molar-refractivity contribution in [1.29, 1.82) is 0 Å². The van der Waals surface area contributed by atoms with Crippen LogP contribution in [-0.4, -0.2) is 21.3 Å². The summed E-state index contributed by atoms with van der Waals surface area (Å²) in [5.41, 5.74) is 7.12. The molecule has 1 aromatic rings. The van der Waals surface area contributed by atoms with Gasteiger partial charge in [0.25, 0.3) is 0 Å². The van der Waals surface area contributed by atoms with E-state index in [1.165, 1.54) is 0 Å². The maximum Gasteiger partial charge on any atom is 0.328 e. The van der Waals surface area contributed by atoms with Crippen molar-refractivity contribution >= 4 is 5.97 Å². The fourth-order valence-electron chi connectivity index (χ4n) is 2.27. The van der Waals surface area contributed by atoms with Crippen LogP contribution in [0.5, 0.6) is 0 Å². The van der Waals surface area contributed by atoms with E-state index in [1.54, 1.807) is 0 Å². The number of rotatable bonds is 2. The Bertz CT molecular complexity index is 386. The number of aromatic nitrogens is 2. The van der Waals surface area contributed by atoms with E-state index in [0.717, 1.165) is 24.2 Å². The van der Waals surface area contributed by atoms with Crippen LogP contribution < -0.4 is 5.73 Å². The summed E-state index contributed by atoms with van der Waals surface area (Å²) in [6, 6.07) is 0. The van der Waals surface area contributed by atoms with Gasteiger partial charge in [0.2, 0.25) is 0 Å². The molecule has 0 saturated heterocycles. The van der Waals surface area contributed by atoms with Gasteiger partial charge >= 0.3 is 5.97 Å². The summed E-state index contributed by atoms with van der Waals surface area (Å²) < 4.78 is 0. The molecule has 0 amide bonds. The molecule has 1 heterocycles. The third-order valence-corrected chi connectivity index (χ3v) is 3.08. The lowest BCUT2D eigenvalue weighted by Gasteiger charge is -2.29. The van der Waals surface area contributed by atoms with Crippen LogP contribution in [0.2, 0.25) is 0 Å². The molecule has 1 atom stereocenters. The number of fused-ring (bicyclic) bond motifs is 1. The van der Waals surface area contributed by atoms with Gasteiger partial charge < -0.3 is 10.8 Å². The van der Waals surface area contributed by atoms with Crippen molar-refractivity contribution in [3.8, 4) is 0 Å². The van der Waals surface area contributed by atoms with Gasteiger partial charge in [-0.15, -0.1) is 0 Å². The van der Waals surface area contributed by atoms with Crippen LogP contribution in [0.15, 0.2) is 0 Å². The van der Waals surface area contributed by atoms with Crippen LogP contribution in [0.1, 0.15) is 36.7 Å². The van der Waals surface area contributed by atoms with Gasteiger partial charge in [0.05, 0.1) is 5.69 Å². The maximum atomic E-state index is 11.2. The van der Waals surface area contributed by atoms with Gasteiger partial charge in [-0.25, -0.2) is 4.79 Å². The number of carboxylic acid groups (broad SMARTS) is 1. The number of nitrogens with one attached hydrogen (secondary N) is 1. The number of nitrogens with zero attached hydrogens (tertiary/aromatic N) is 1. The molecule has 0 saturated carbocycles. The molecule has 0 spiro atoms. The number of carboxylic acids is 1. The molecule has 5 heteroatoms. The number of hydrogen-bond donors (Lipinski definition) is 3. The summed E-state index contributed by atoms with van der Waals surface area (Å²) in [7, 11) is 0. The van der Waals surface area contributed by atoms with Crippen LogP contribution in [0, 0.1) is 0 Å². The summed E-state index contributed by atoms with van der Waals surface area (Å²) in [6.45, 7) is 1.95. The highest BCUT2D eigenvalue weighted by Gasteiger charge is 2.42. The lowest BCUT2D eigenvalue weighted by molar-refractivity contribution is -0.144. The van der Waals surface area contributed by atoms with Crippen LogP contribution in [-0.2, 0) is 23.2 Å². The SMILES string of the molecule is CCc1n[nH]c2c1C(N)(C(=O)O)CCC2. The Kier molecular flexibility index (Phi) is 2.26. The van der Waals surface area contributed by atoms with Crippen molar-refractivity contribution in [3.05, 3.63) is 17.0 Å². The lowest BCUT2D eigenvalue weighted by Crippen LogP contribution is -2.47. The Morgan fingerprint density at radius 2 is 2.47 bits per heavy atom. The molecular formula is C10H15N3O2. The van der Waals surface area contributed by atoms with Gasteiger partial charge in [-0.05, 0) is 25.7 Å². The summed E-state index contributed by atoms with van der Waals surface area (Å²) in [5.74, 6) is -0.959. The topological polar surface area (TPSA) is 92.0 Å². The van der Waals surface area contributed by atoms with Crippen molar-refractivity contribution in [2.24, 2.45) is 5.73 Å². The Balaban J connectivity index is 2.57. The Morgan fingerprint density at radius 1 is 1.73 bits per heavy atom. The van der Waals surface area contributed by atoms with Crippen LogP contribution in [0.4, 0.5) is 0 Å². The Hall–Kier alpha value is -1.36. The highest BCUT2D eigenvalue weighted by molar-refractivity contribution is 5.81. The Labute approximate surface area is 87.7 Å². The van der Waals surface area contributed by atoms with Gasteiger partial charge in [0.15, 0.2) is 0 Å². The highest BCUT2D eigenvalue weighted by atomic mass is 16.4. The molecule has 15 heavy (non-hydrogen) atoms. The molecular weight excluding hydrogens is 194 g/mol. The first kappa shape index (κ1) is 10.2. The highest BCUT2D eigenvalue weighted by Crippen LogP contribution is 2.34. The molecule has 82 valence electrons. The molecule has 1 aliphatic rings. The van der Waals surface area contributed by atoms with E-state index < -0.39 is 11.5 Å². The minimum absolute atomic E-state index is 0.488.